The third kappa shape index (κ3) is 3.50. The summed E-state index contributed by atoms with van der Waals surface area (Å²) < 4.78 is 5.65. The van der Waals surface area contributed by atoms with Crippen LogP contribution in [0.4, 0.5) is 5.69 Å². The van der Waals surface area contributed by atoms with Crippen LogP contribution in [-0.2, 0) is 4.79 Å². The summed E-state index contributed by atoms with van der Waals surface area (Å²) in [6, 6.07) is 13.1. The molecule has 0 spiro atoms. The molecule has 1 aliphatic rings. The molecule has 27 heavy (non-hydrogen) atoms. The standard InChI is InChI=1S/C20H17N3O3S/c1-11-4-3-5-14(8-11)19-22-23-20(26-19)27-10-17(24)13-6-7-16-15(9-13)12(2)18(25)21-16/h3-9,12H,10H2,1-2H3,(H,21,25)/t12-/m1/s1. The zero-order valence-electron chi connectivity index (χ0n) is 14.9. The molecule has 2 aromatic carbocycles. The summed E-state index contributed by atoms with van der Waals surface area (Å²) >= 11 is 1.21. The number of rotatable bonds is 5. The lowest BCUT2D eigenvalue weighted by molar-refractivity contribution is -0.116. The van der Waals surface area contributed by atoms with Gasteiger partial charge in [-0.3, -0.25) is 9.59 Å². The summed E-state index contributed by atoms with van der Waals surface area (Å²) in [5, 5.41) is 11.2. The van der Waals surface area contributed by atoms with Crippen LogP contribution in [0.1, 0.15) is 34.3 Å². The number of benzene rings is 2. The van der Waals surface area contributed by atoms with E-state index < -0.39 is 0 Å². The minimum Gasteiger partial charge on any atom is -0.411 e. The van der Waals surface area contributed by atoms with Crippen molar-refractivity contribution in [1.82, 2.24) is 10.2 Å². The van der Waals surface area contributed by atoms with E-state index in [9.17, 15) is 9.59 Å². The number of carbonyl (C=O) groups is 2. The molecule has 1 amide bonds. The molecule has 6 nitrogen and oxygen atoms in total. The van der Waals surface area contributed by atoms with Crippen LogP contribution in [0.2, 0.25) is 0 Å². The monoisotopic (exact) mass is 379 g/mol. The predicted molar refractivity (Wildman–Crippen MR) is 103 cm³/mol. The summed E-state index contributed by atoms with van der Waals surface area (Å²) in [4.78, 5) is 24.2. The van der Waals surface area contributed by atoms with Crippen molar-refractivity contribution in [1.29, 1.82) is 0 Å². The number of fused-ring (bicyclic) bond motifs is 1. The number of aryl methyl sites for hydroxylation is 1. The number of nitrogens with one attached hydrogen (secondary N) is 1. The Morgan fingerprint density at radius 2 is 2.07 bits per heavy atom. The summed E-state index contributed by atoms with van der Waals surface area (Å²) in [5.74, 6) is 0.283. The third-order valence-electron chi connectivity index (χ3n) is 4.49. The number of hydrogen-bond acceptors (Lipinski definition) is 6. The number of ketones is 1. The first-order chi connectivity index (χ1) is 13.0. The van der Waals surface area contributed by atoms with Crippen molar-refractivity contribution in [3.8, 4) is 11.5 Å². The lowest BCUT2D eigenvalue weighted by Crippen LogP contribution is -2.08. The van der Waals surface area contributed by atoms with Crippen molar-refractivity contribution in [2.45, 2.75) is 25.0 Å². The van der Waals surface area contributed by atoms with Gasteiger partial charge < -0.3 is 9.73 Å². The molecule has 1 aromatic heterocycles. The molecule has 2 heterocycles. The number of carbonyl (C=O) groups excluding carboxylic acids is 2. The van der Waals surface area contributed by atoms with Crippen molar-refractivity contribution in [2.24, 2.45) is 0 Å². The minimum atomic E-state index is -0.242. The van der Waals surface area contributed by atoms with Gasteiger partial charge in [0.1, 0.15) is 0 Å². The number of amides is 1. The topological polar surface area (TPSA) is 85.1 Å². The van der Waals surface area contributed by atoms with E-state index in [-0.39, 0.29) is 23.4 Å². The molecule has 0 unspecified atom stereocenters. The van der Waals surface area contributed by atoms with E-state index in [2.05, 4.69) is 15.5 Å². The van der Waals surface area contributed by atoms with Crippen LogP contribution in [0, 0.1) is 6.92 Å². The van der Waals surface area contributed by atoms with Crippen LogP contribution in [-0.4, -0.2) is 27.6 Å². The normalized spacial score (nSPS) is 15.5. The lowest BCUT2D eigenvalue weighted by Gasteiger charge is -2.04. The van der Waals surface area contributed by atoms with Gasteiger partial charge in [-0.25, -0.2) is 0 Å². The number of anilines is 1. The van der Waals surface area contributed by atoms with Gasteiger partial charge in [-0.1, -0.05) is 29.5 Å². The minimum absolute atomic E-state index is 0.0430. The molecule has 0 bridgehead atoms. The molecular weight excluding hydrogens is 362 g/mol. The molecule has 3 aromatic rings. The molecule has 136 valence electrons. The largest absolute Gasteiger partial charge is 0.411 e. The van der Waals surface area contributed by atoms with Crippen molar-refractivity contribution < 1.29 is 14.0 Å². The maximum atomic E-state index is 12.5. The van der Waals surface area contributed by atoms with Crippen molar-refractivity contribution >= 4 is 29.1 Å². The van der Waals surface area contributed by atoms with Gasteiger partial charge in [-0.2, -0.15) is 0 Å². The summed E-state index contributed by atoms with van der Waals surface area (Å²) in [6.45, 7) is 3.82. The van der Waals surface area contributed by atoms with Crippen LogP contribution in [0.25, 0.3) is 11.5 Å². The average Bonchev–Trinajstić information content (AvgIpc) is 3.25. The maximum absolute atomic E-state index is 12.5. The van der Waals surface area contributed by atoms with Gasteiger partial charge in [0.05, 0.1) is 11.7 Å². The van der Waals surface area contributed by atoms with Crippen LogP contribution in [0.5, 0.6) is 0 Å². The van der Waals surface area contributed by atoms with Gasteiger partial charge in [0, 0.05) is 16.8 Å². The first-order valence-corrected chi connectivity index (χ1v) is 9.51. The number of thioether (sulfide) groups is 1. The third-order valence-corrected chi connectivity index (χ3v) is 5.31. The Hall–Kier alpha value is -2.93. The lowest BCUT2D eigenvalue weighted by atomic mass is 9.99. The Kier molecular flexibility index (Phi) is 4.53. The SMILES string of the molecule is Cc1cccc(-c2nnc(SCC(=O)c3ccc4c(c3)[C@@H](C)C(=O)N4)o2)c1. The highest BCUT2D eigenvalue weighted by Crippen LogP contribution is 2.33. The zero-order chi connectivity index (χ0) is 19.0. The molecular formula is C20H17N3O3S. The van der Waals surface area contributed by atoms with Gasteiger partial charge in [0.2, 0.25) is 11.8 Å². The van der Waals surface area contributed by atoms with Crippen LogP contribution in [0.15, 0.2) is 52.1 Å². The fourth-order valence-electron chi connectivity index (χ4n) is 2.96. The number of hydrogen-bond donors (Lipinski definition) is 1. The van der Waals surface area contributed by atoms with Gasteiger partial charge in [-0.05, 0) is 49.7 Å². The van der Waals surface area contributed by atoms with Gasteiger partial charge in [0.25, 0.3) is 5.22 Å². The van der Waals surface area contributed by atoms with Crippen molar-refractivity contribution in [2.75, 3.05) is 11.1 Å². The highest BCUT2D eigenvalue weighted by molar-refractivity contribution is 7.99. The predicted octanol–water partition coefficient (Wildman–Crippen LogP) is 4.08. The zero-order valence-corrected chi connectivity index (χ0v) is 15.7. The quantitative estimate of drug-likeness (QED) is 0.531. The number of nitrogens with zero attached hydrogens (tertiary/aromatic N) is 2. The molecule has 1 N–H and O–H groups in total. The Balaban J connectivity index is 1.44. The Morgan fingerprint density at radius 3 is 2.89 bits per heavy atom. The molecule has 0 aliphatic carbocycles. The first-order valence-electron chi connectivity index (χ1n) is 8.52. The Bertz CT molecular complexity index is 1040. The molecule has 4 rings (SSSR count). The second kappa shape index (κ2) is 7.00. The fourth-order valence-corrected chi connectivity index (χ4v) is 3.62. The van der Waals surface area contributed by atoms with E-state index in [0.29, 0.717) is 16.7 Å². The fraction of sp³-hybridized carbons (Fsp3) is 0.200. The van der Waals surface area contributed by atoms with E-state index in [1.54, 1.807) is 18.2 Å². The Labute approximate surface area is 160 Å². The highest BCUT2D eigenvalue weighted by Gasteiger charge is 2.27. The molecule has 1 aliphatic heterocycles. The summed E-state index contributed by atoms with van der Waals surface area (Å²) in [5.41, 5.74) is 4.16. The smallest absolute Gasteiger partial charge is 0.277 e. The molecule has 0 saturated carbocycles. The molecule has 7 heteroatoms. The number of Topliss-reactive ketones (excluding diaryl/α,β-unsaturated/α-hetero) is 1. The van der Waals surface area contributed by atoms with Crippen molar-refractivity contribution in [3.63, 3.8) is 0 Å². The highest BCUT2D eigenvalue weighted by atomic mass is 32.2. The van der Waals surface area contributed by atoms with Crippen LogP contribution < -0.4 is 5.32 Å². The van der Waals surface area contributed by atoms with E-state index >= 15 is 0 Å². The van der Waals surface area contributed by atoms with Gasteiger partial charge in [-0.15, -0.1) is 10.2 Å². The van der Waals surface area contributed by atoms with Gasteiger partial charge >= 0.3 is 0 Å². The molecule has 1 atom stereocenters. The van der Waals surface area contributed by atoms with Crippen LogP contribution >= 0.6 is 11.8 Å². The maximum Gasteiger partial charge on any atom is 0.277 e. The molecule has 0 fully saturated rings. The first kappa shape index (κ1) is 17.5. The molecule has 0 radical (unpaired) electrons. The number of aromatic nitrogens is 2. The second-order valence-corrected chi connectivity index (χ2v) is 7.39. The van der Waals surface area contributed by atoms with E-state index in [0.717, 1.165) is 22.4 Å². The Morgan fingerprint density at radius 1 is 1.22 bits per heavy atom. The van der Waals surface area contributed by atoms with Crippen molar-refractivity contribution in [3.05, 3.63) is 59.2 Å². The van der Waals surface area contributed by atoms with Crippen LogP contribution in [0.3, 0.4) is 0 Å². The van der Waals surface area contributed by atoms with E-state index in [1.807, 2.05) is 38.1 Å². The van der Waals surface area contributed by atoms with Gasteiger partial charge in [0.15, 0.2) is 5.78 Å². The average molecular weight is 379 g/mol. The van der Waals surface area contributed by atoms with E-state index in [4.69, 9.17) is 4.42 Å². The second-order valence-electron chi connectivity index (χ2n) is 6.47. The summed E-state index contributed by atoms with van der Waals surface area (Å²) in [6.07, 6.45) is 0. The molecule has 0 saturated heterocycles. The van der Waals surface area contributed by atoms with E-state index in [1.165, 1.54) is 11.8 Å². The summed E-state index contributed by atoms with van der Waals surface area (Å²) in [7, 11) is 0.